The average molecular weight is 240 g/mol. The Bertz CT molecular complexity index is 6.04. The Balaban J connectivity index is -0.000000000500. The number of rotatable bonds is 0. The second-order valence-corrected chi connectivity index (χ2v) is 0. The third-order valence-electron chi connectivity index (χ3n) is 0. The van der Waals surface area contributed by atoms with Gasteiger partial charge in [0.25, 0.3) is 0 Å². The topological polar surface area (TPSA) is 0 Å². The maximum absolute atomic E-state index is 4.78. The molecule has 0 heterocycles. The summed E-state index contributed by atoms with van der Waals surface area (Å²) < 4.78 is 0. The maximum Gasteiger partial charge on any atom is 0.109 e. The molecule has 0 fully saturated rings. The third-order valence-corrected chi connectivity index (χ3v) is 0. The molecule has 0 aliphatic rings. The van der Waals surface area contributed by atoms with Crippen LogP contribution < -0.4 is 0 Å². The van der Waals surface area contributed by atoms with Crippen molar-refractivity contribution in [1.82, 2.24) is 0 Å². The first kappa shape index (κ1) is 66.4. The number of hydrogen-bond acceptors (Lipinski definition) is 0. The van der Waals surface area contributed by atoms with E-state index in [1.807, 2.05) is 0 Å². The first-order valence-electron chi connectivity index (χ1n) is 0.378. The van der Waals surface area contributed by atoms with Gasteiger partial charge in [-0.1, -0.05) is 0 Å². The van der Waals surface area contributed by atoms with Gasteiger partial charge in [-0.05, 0) is 0 Å². The fourth-order valence-corrected chi connectivity index (χ4v) is 0. The van der Waals surface area contributed by atoms with Crippen molar-refractivity contribution in [3.63, 3.8) is 0 Å². The van der Waals surface area contributed by atoms with Gasteiger partial charge in [-0.2, -0.15) is 11.1 Å². The van der Waals surface area contributed by atoms with E-state index in [1.165, 1.54) is 0 Å². The largest absolute Gasteiger partial charge is 0.181 e. The van der Waals surface area contributed by atoms with Gasteiger partial charge >= 0.3 is 0 Å². The molecule has 0 saturated carbocycles. The molecule has 7 heteroatoms. The van der Waals surface area contributed by atoms with Gasteiger partial charge in [-0.15, -0.1) is 49.6 Å². The van der Waals surface area contributed by atoms with Crippen LogP contribution in [0.15, 0.2) is 0 Å². The third kappa shape index (κ3) is 76.9. The van der Waals surface area contributed by atoms with Crippen LogP contribution in [0.4, 0.5) is 0 Å². The van der Waals surface area contributed by atoms with Crippen LogP contribution in [-0.4, -0.2) is 20.5 Å². The van der Waals surface area contributed by atoms with E-state index in [2.05, 4.69) is 0 Å². The summed E-state index contributed by atoms with van der Waals surface area (Å²) in [6, 6.07) is 0. The van der Waals surface area contributed by atoms with Crippen molar-refractivity contribution in [1.29, 1.82) is 0 Å². The van der Waals surface area contributed by atoms with Gasteiger partial charge < -0.3 is 0 Å². The van der Waals surface area contributed by atoms with E-state index in [9.17, 15) is 0 Å². The van der Waals surface area contributed by atoms with E-state index in [4.69, 9.17) is 11.1 Å². The summed E-state index contributed by atoms with van der Waals surface area (Å²) in [6.07, 6.45) is 0. The molecular formula is H7Cl5Si2. The Kier molecular flexibility index (Phi) is 999. The molecule has 0 amide bonds. The monoisotopic (exact) mass is 238 g/mol. The molecule has 7 heavy (non-hydrogen) atoms. The molecule has 0 aliphatic heterocycles. The molecule has 0 bridgehead atoms. The van der Waals surface area contributed by atoms with E-state index >= 15 is 0 Å². The molecule has 0 aliphatic carbocycles. The van der Waals surface area contributed by atoms with Crippen molar-refractivity contribution in [2.45, 2.75) is 0 Å². The summed E-state index contributed by atoms with van der Waals surface area (Å²) in [5.74, 6) is 0. The fraction of sp³-hybridized carbons (Fsp3) is 0. The zero-order valence-corrected chi connectivity index (χ0v) is 10.5. The first-order valence-corrected chi connectivity index (χ1v) is 3.40. The van der Waals surface area contributed by atoms with Crippen molar-refractivity contribution < 1.29 is 0 Å². The lowest BCUT2D eigenvalue weighted by Gasteiger charge is -1.05. The van der Waals surface area contributed by atoms with Gasteiger partial charge in [0.1, 0.15) is 9.55 Å². The Hall–Kier alpha value is 1.88. The van der Waals surface area contributed by atoms with Crippen LogP contribution in [0.1, 0.15) is 0 Å². The van der Waals surface area contributed by atoms with Crippen LogP contribution in [0.2, 0.25) is 0 Å². The first-order chi connectivity index (χ1) is 1.00. The maximum atomic E-state index is 4.78. The smallest absolute Gasteiger partial charge is 0.109 e. The van der Waals surface area contributed by atoms with Gasteiger partial charge in [0, 0.05) is 11.0 Å². The van der Waals surface area contributed by atoms with Crippen LogP contribution >= 0.6 is 60.7 Å². The van der Waals surface area contributed by atoms with Crippen LogP contribution in [0.3, 0.4) is 0 Å². The Morgan fingerprint density at radius 3 is 0.714 bits per heavy atom. The second kappa shape index (κ2) is 105. The predicted molar refractivity (Wildman–Crippen MR) is 50.5 cm³/mol. The molecule has 0 spiro atoms. The lowest BCUT2D eigenvalue weighted by atomic mass is 28.0. The summed E-state index contributed by atoms with van der Waals surface area (Å²) in [4.78, 5) is 0. The summed E-state index contributed by atoms with van der Waals surface area (Å²) in [7, 11) is 0.778. The van der Waals surface area contributed by atoms with Crippen LogP contribution in [0, 0.1) is 0 Å². The highest BCUT2D eigenvalue weighted by Gasteiger charge is 0.975. The second-order valence-electron chi connectivity index (χ2n) is 0. The minimum atomic E-state index is 0. The lowest BCUT2D eigenvalue weighted by molar-refractivity contribution is 4.80. The molecule has 0 atom stereocenters. The molecule has 4 radical (unpaired) electrons. The molecule has 0 N–H and O–H groups in total. The summed E-state index contributed by atoms with van der Waals surface area (Å²) in [5.41, 5.74) is 0. The van der Waals surface area contributed by atoms with Crippen LogP contribution in [0.5, 0.6) is 0 Å². The van der Waals surface area contributed by atoms with Crippen molar-refractivity contribution in [3.05, 3.63) is 0 Å². The normalized spacial score (nSPS) is 1.29. The molecule has 0 rings (SSSR count). The summed E-state index contributed by atoms with van der Waals surface area (Å²) >= 11 is 4.78. The van der Waals surface area contributed by atoms with Gasteiger partial charge in [0.2, 0.25) is 0 Å². The average Bonchev–Trinajstić information content (AvgIpc) is 1.00. The standard InChI is InChI=1S/ClH3Si.4ClH.Si/c1-2;;;;;/h2H3;4*1H;. The van der Waals surface area contributed by atoms with Gasteiger partial charge in [0.05, 0.1) is 0 Å². The predicted octanol–water partition coefficient (Wildman–Crippen LogP) is 0.812. The minimum Gasteiger partial charge on any atom is -0.181 e. The Morgan fingerprint density at radius 2 is 0.714 bits per heavy atom. The van der Waals surface area contributed by atoms with E-state index < -0.39 is 0 Å². The van der Waals surface area contributed by atoms with E-state index in [1.54, 1.807) is 0 Å². The lowest BCUT2D eigenvalue weighted by Crippen LogP contribution is -0.980. The molecule has 0 unspecified atom stereocenters. The van der Waals surface area contributed by atoms with Crippen molar-refractivity contribution in [2.75, 3.05) is 0 Å². The molecule has 50 valence electrons. The van der Waals surface area contributed by atoms with Gasteiger partial charge in [0.15, 0.2) is 0 Å². The molecule has 0 aromatic carbocycles. The molecular weight excluding hydrogens is 233 g/mol. The zero-order chi connectivity index (χ0) is 2.00. The van der Waals surface area contributed by atoms with Gasteiger partial charge in [-0.25, -0.2) is 0 Å². The summed E-state index contributed by atoms with van der Waals surface area (Å²) in [5, 5.41) is 0. The molecule has 0 saturated heterocycles. The summed E-state index contributed by atoms with van der Waals surface area (Å²) in [6.45, 7) is 0. The van der Waals surface area contributed by atoms with Crippen molar-refractivity contribution in [2.24, 2.45) is 0 Å². The zero-order valence-electron chi connectivity index (χ0n) is 3.51. The number of hydrogen-bond donors (Lipinski definition) is 0. The fourth-order valence-electron chi connectivity index (χ4n) is 0. The van der Waals surface area contributed by atoms with Gasteiger partial charge in [-0.3, -0.25) is 0 Å². The van der Waals surface area contributed by atoms with Crippen LogP contribution in [0.25, 0.3) is 0 Å². The number of halogens is 5. The Labute approximate surface area is 80.9 Å². The molecule has 0 aromatic heterocycles. The highest BCUT2D eigenvalue weighted by atomic mass is 35.6. The Morgan fingerprint density at radius 1 is 0.714 bits per heavy atom. The van der Waals surface area contributed by atoms with Crippen molar-refractivity contribution >= 4 is 81.2 Å². The highest BCUT2D eigenvalue weighted by Crippen LogP contribution is 1.29. The molecule has 0 nitrogen and oxygen atoms in total. The van der Waals surface area contributed by atoms with Crippen LogP contribution in [-0.2, 0) is 0 Å². The van der Waals surface area contributed by atoms with E-state index in [0.29, 0.717) is 0 Å². The van der Waals surface area contributed by atoms with E-state index in [-0.39, 0.29) is 60.6 Å². The minimum absolute atomic E-state index is 0. The highest BCUT2D eigenvalue weighted by molar-refractivity contribution is 6.80. The van der Waals surface area contributed by atoms with E-state index in [0.717, 1.165) is 9.55 Å². The quantitative estimate of drug-likeness (QED) is 0.434. The van der Waals surface area contributed by atoms with Crippen molar-refractivity contribution in [3.8, 4) is 0 Å². The molecule has 0 aromatic rings. The SMILES string of the molecule is Cl.Cl.Cl.Cl.[SiH3]Cl.[Si].